The zero-order valence-electron chi connectivity index (χ0n) is 20.5. The molecule has 0 saturated carbocycles. The van der Waals surface area contributed by atoms with E-state index in [0.717, 1.165) is 16.8 Å². The summed E-state index contributed by atoms with van der Waals surface area (Å²) >= 11 is 0. The van der Waals surface area contributed by atoms with Gasteiger partial charge >= 0.3 is 12.6 Å². The maximum Gasteiger partial charge on any atom is 0.387 e. The quantitative estimate of drug-likeness (QED) is 0.509. The van der Waals surface area contributed by atoms with Gasteiger partial charge in [-0.2, -0.15) is 8.78 Å². The van der Waals surface area contributed by atoms with Crippen molar-refractivity contribution >= 4 is 30.0 Å². The van der Waals surface area contributed by atoms with Crippen LogP contribution >= 0.6 is 12.4 Å². The van der Waals surface area contributed by atoms with E-state index in [4.69, 9.17) is 14.2 Å². The molecule has 0 unspecified atom stereocenters. The van der Waals surface area contributed by atoms with Crippen molar-refractivity contribution in [3.05, 3.63) is 53.1 Å². The van der Waals surface area contributed by atoms with Gasteiger partial charge < -0.3 is 19.1 Å². The fourth-order valence-corrected chi connectivity index (χ4v) is 4.57. The Labute approximate surface area is 215 Å². The van der Waals surface area contributed by atoms with Gasteiger partial charge in [-0.3, -0.25) is 14.9 Å². The van der Waals surface area contributed by atoms with Gasteiger partial charge in [-0.1, -0.05) is 26.0 Å². The zero-order valence-corrected chi connectivity index (χ0v) is 21.3. The summed E-state index contributed by atoms with van der Waals surface area (Å²) in [5.41, 5.74) is 3.21. The van der Waals surface area contributed by atoms with Crippen LogP contribution < -0.4 is 19.7 Å². The van der Waals surface area contributed by atoms with E-state index in [1.54, 1.807) is 23.1 Å². The molecule has 10 heteroatoms. The monoisotopic (exact) mass is 524 g/mol. The molecule has 1 N–H and O–H groups in total. The van der Waals surface area contributed by atoms with Gasteiger partial charge in [-0.15, -0.1) is 12.4 Å². The lowest BCUT2D eigenvalue weighted by Gasteiger charge is -2.22. The number of ether oxygens (including phenoxy) is 3. The molecule has 0 radical (unpaired) electrons. The van der Waals surface area contributed by atoms with Gasteiger partial charge in [0.25, 0.3) is 0 Å². The minimum absolute atomic E-state index is 0. The molecule has 1 amide bonds. The zero-order chi connectivity index (χ0) is 25.1. The highest BCUT2D eigenvalue weighted by molar-refractivity contribution is 5.99. The second-order valence-electron chi connectivity index (χ2n) is 9.09. The highest BCUT2D eigenvalue weighted by atomic mass is 35.5. The Morgan fingerprint density at radius 3 is 2.56 bits per heavy atom. The molecular formula is C26H31ClF2N2O5. The smallest absolute Gasteiger partial charge is 0.387 e. The Hall–Kier alpha value is -2.91. The third kappa shape index (κ3) is 6.07. The number of rotatable bonds is 8. The standard InChI is InChI=1S/C26H30F2N2O5.ClH/c1-15(2)16-4-5-18(23(13-16)35-26(27)28)14-34-19-6-9-22-17(12-19)10-11-30(22)24(31)20-7-8-21(29-20)25(32)33-3;/h4-6,9,12-13,15,20-21,26,29H,7-8,10-11,14H2,1-3H3;1H/t20-,21-;/m0./s1. The molecule has 1 saturated heterocycles. The molecule has 36 heavy (non-hydrogen) atoms. The third-order valence-corrected chi connectivity index (χ3v) is 6.51. The molecule has 0 aromatic heterocycles. The summed E-state index contributed by atoms with van der Waals surface area (Å²) in [6.07, 6.45) is 1.81. The minimum Gasteiger partial charge on any atom is -0.489 e. The van der Waals surface area contributed by atoms with Gasteiger partial charge in [-0.05, 0) is 60.6 Å². The van der Waals surface area contributed by atoms with Crippen LogP contribution in [0.15, 0.2) is 36.4 Å². The maximum atomic E-state index is 13.1. The number of halogens is 3. The molecular weight excluding hydrogens is 494 g/mol. The minimum atomic E-state index is -2.92. The molecule has 196 valence electrons. The normalized spacial score (nSPS) is 18.7. The Morgan fingerprint density at radius 2 is 1.86 bits per heavy atom. The van der Waals surface area contributed by atoms with Crippen LogP contribution in [0.3, 0.4) is 0 Å². The molecule has 2 atom stereocenters. The van der Waals surface area contributed by atoms with Crippen molar-refractivity contribution in [1.82, 2.24) is 5.32 Å². The van der Waals surface area contributed by atoms with Crippen molar-refractivity contribution in [3.63, 3.8) is 0 Å². The fourth-order valence-electron chi connectivity index (χ4n) is 4.57. The van der Waals surface area contributed by atoms with E-state index in [1.165, 1.54) is 7.11 Å². The van der Waals surface area contributed by atoms with Gasteiger partial charge in [0, 0.05) is 17.8 Å². The largest absolute Gasteiger partial charge is 0.489 e. The topological polar surface area (TPSA) is 77.1 Å². The predicted octanol–water partition coefficient (Wildman–Crippen LogP) is 4.59. The summed E-state index contributed by atoms with van der Waals surface area (Å²) in [4.78, 5) is 26.6. The Bertz CT molecular complexity index is 1100. The van der Waals surface area contributed by atoms with Gasteiger partial charge in [0.2, 0.25) is 5.91 Å². The number of carbonyl (C=O) groups excluding carboxylic acids is 2. The van der Waals surface area contributed by atoms with Crippen LogP contribution in [0.25, 0.3) is 0 Å². The van der Waals surface area contributed by atoms with E-state index in [9.17, 15) is 18.4 Å². The van der Waals surface area contributed by atoms with Gasteiger partial charge in [-0.25, -0.2) is 0 Å². The second kappa shape index (κ2) is 11.9. The summed E-state index contributed by atoms with van der Waals surface area (Å²) in [6, 6.07) is 9.85. The van der Waals surface area contributed by atoms with Crippen LogP contribution in [0.5, 0.6) is 11.5 Å². The Balaban J connectivity index is 0.00000361. The first-order valence-electron chi connectivity index (χ1n) is 11.8. The number of carbonyl (C=O) groups is 2. The Kier molecular flexibility index (Phi) is 9.13. The number of hydrogen-bond donors (Lipinski definition) is 1. The molecule has 1 fully saturated rings. The van der Waals surface area contributed by atoms with Gasteiger partial charge in [0.15, 0.2) is 0 Å². The van der Waals surface area contributed by atoms with Crippen molar-refractivity contribution in [2.45, 2.75) is 64.3 Å². The third-order valence-electron chi connectivity index (χ3n) is 6.51. The molecule has 2 aromatic carbocycles. The number of fused-ring (bicyclic) bond motifs is 1. The van der Waals surface area contributed by atoms with Gasteiger partial charge in [0.05, 0.1) is 13.2 Å². The summed E-state index contributed by atoms with van der Waals surface area (Å²) in [7, 11) is 1.34. The van der Waals surface area contributed by atoms with Crippen LogP contribution in [0.2, 0.25) is 0 Å². The molecule has 0 aliphatic carbocycles. The van der Waals surface area contributed by atoms with Crippen LogP contribution in [0.1, 0.15) is 49.3 Å². The lowest BCUT2D eigenvalue weighted by atomic mass is 10.0. The molecule has 0 spiro atoms. The SMILES string of the molecule is COC(=O)[C@@H]1CC[C@@H](C(=O)N2CCc3cc(OCc4ccc(C(C)C)cc4OC(F)F)ccc32)N1.Cl. The highest BCUT2D eigenvalue weighted by Crippen LogP contribution is 2.34. The first-order valence-corrected chi connectivity index (χ1v) is 11.8. The second-order valence-corrected chi connectivity index (χ2v) is 9.09. The number of benzene rings is 2. The number of hydrogen-bond acceptors (Lipinski definition) is 6. The van der Waals surface area contributed by atoms with Crippen molar-refractivity contribution in [2.24, 2.45) is 0 Å². The van der Waals surface area contributed by atoms with Crippen molar-refractivity contribution in [1.29, 1.82) is 0 Å². The highest BCUT2D eigenvalue weighted by Gasteiger charge is 2.37. The first-order chi connectivity index (χ1) is 16.8. The molecule has 2 aliphatic heterocycles. The number of esters is 1. The number of amides is 1. The maximum absolute atomic E-state index is 13.1. The van der Waals surface area contributed by atoms with E-state index >= 15 is 0 Å². The predicted molar refractivity (Wildman–Crippen MR) is 133 cm³/mol. The van der Waals surface area contributed by atoms with Crippen LogP contribution in [0.4, 0.5) is 14.5 Å². The molecule has 0 bridgehead atoms. The van der Waals surface area contributed by atoms with Gasteiger partial charge in [0.1, 0.15) is 24.1 Å². The summed E-state index contributed by atoms with van der Waals surface area (Å²) in [5, 5.41) is 3.07. The number of nitrogens with zero attached hydrogens (tertiary/aromatic N) is 1. The lowest BCUT2D eigenvalue weighted by Crippen LogP contribution is -2.46. The molecule has 4 rings (SSSR count). The lowest BCUT2D eigenvalue weighted by molar-refractivity contribution is -0.142. The average molecular weight is 525 g/mol. The number of alkyl halides is 2. The molecule has 2 aromatic rings. The van der Waals surface area contributed by atoms with Crippen molar-refractivity contribution in [3.8, 4) is 11.5 Å². The Morgan fingerprint density at radius 1 is 1.11 bits per heavy atom. The van der Waals surface area contributed by atoms with Crippen LogP contribution in [-0.4, -0.2) is 44.2 Å². The van der Waals surface area contributed by atoms with Crippen LogP contribution in [-0.2, 0) is 27.4 Å². The van der Waals surface area contributed by atoms with Crippen LogP contribution in [0, 0.1) is 0 Å². The average Bonchev–Trinajstić information content (AvgIpc) is 3.49. The van der Waals surface area contributed by atoms with E-state index in [2.05, 4.69) is 5.32 Å². The summed E-state index contributed by atoms with van der Waals surface area (Å²) in [5.74, 6) is 0.447. The molecule has 2 heterocycles. The van der Waals surface area contributed by atoms with E-state index in [-0.39, 0.29) is 42.6 Å². The number of methoxy groups -OCH3 is 1. The van der Waals surface area contributed by atoms with Crippen molar-refractivity contribution in [2.75, 3.05) is 18.6 Å². The van der Waals surface area contributed by atoms with E-state index < -0.39 is 18.7 Å². The number of nitrogens with one attached hydrogen (secondary N) is 1. The first kappa shape index (κ1) is 27.7. The molecule has 2 aliphatic rings. The fraction of sp³-hybridized carbons (Fsp3) is 0.462. The molecule has 7 nitrogen and oxygen atoms in total. The summed E-state index contributed by atoms with van der Waals surface area (Å²) < 4.78 is 41.2. The van der Waals surface area contributed by atoms with E-state index in [1.807, 2.05) is 32.0 Å². The number of anilines is 1. The van der Waals surface area contributed by atoms with Crippen molar-refractivity contribution < 1.29 is 32.6 Å². The van der Waals surface area contributed by atoms with E-state index in [0.29, 0.717) is 37.1 Å². The summed E-state index contributed by atoms with van der Waals surface area (Å²) in [6.45, 7) is 1.66.